The van der Waals surface area contributed by atoms with Gasteiger partial charge in [-0.2, -0.15) is 0 Å². The average molecular weight is 237 g/mol. The second kappa shape index (κ2) is 7.36. The topological polar surface area (TPSA) is 35.2 Å². The van der Waals surface area contributed by atoms with E-state index >= 15 is 0 Å². The molecule has 0 bridgehead atoms. The van der Waals surface area contributed by atoms with Crippen LogP contribution < -0.4 is 10.5 Å². The Bertz CT molecular complexity index is 328. The van der Waals surface area contributed by atoms with Gasteiger partial charge in [0.15, 0.2) is 0 Å². The van der Waals surface area contributed by atoms with Crippen LogP contribution in [0.2, 0.25) is 0 Å². The van der Waals surface area contributed by atoms with Gasteiger partial charge in [-0.15, -0.1) is 11.8 Å². The molecule has 0 aromatic heterocycles. The highest BCUT2D eigenvalue weighted by molar-refractivity contribution is 7.99. The van der Waals surface area contributed by atoms with Crippen molar-refractivity contribution in [3.05, 3.63) is 35.9 Å². The first kappa shape index (κ1) is 13.1. The Balaban J connectivity index is 2.42. The third-order valence-electron chi connectivity index (χ3n) is 1.95. The average Bonchev–Trinajstić information content (AvgIpc) is 2.27. The van der Waals surface area contributed by atoms with Crippen molar-refractivity contribution in [1.29, 1.82) is 0 Å². The van der Waals surface area contributed by atoms with Gasteiger partial charge in [0.05, 0.1) is 0 Å². The van der Waals surface area contributed by atoms with Crippen molar-refractivity contribution < 1.29 is 4.74 Å². The Labute approximate surface area is 102 Å². The molecule has 0 radical (unpaired) electrons. The van der Waals surface area contributed by atoms with Crippen LogP contribution in [-0.2, 0) is 0 Å². The normalized spacial score (nSPS) is 9.94. The fourth-order valence-electron chi connectivity index (χ4n) is 1.11. The first-order valence-corrected chi connectivity index (χ1v) is 6.40. The lowest BCUT2D eigenvalue weighted by Crippen LogP contribution is -2.00. The van der Waals surface area contributed by atoms with Gasteiger partial charge in [-0.1, -0.05) is 5.57 Å². The number of rotatable bonds is 6. The van der Waals surface area contributed by atoms with Crippen molar-refractivity contribution in [2.24, 2.45) is 5.73 Å². The third-order valence-corrected chi connectivity index (χ3v) is 3.00. The minimum Gasteiger partial charge on any atom is -0.490 e. The van der Waals surface area contributed by atoms with Gasteiger partial charge in [-0.3, -0.25) is 0 Å². The maximum absolute atomic E-state index is 5.57. The zero-order valence-corrected chi connectivity index (χ0v) is 10.7. The Morgan fingerprint density at radius 2 is 2.00 bits per heavy atom. The lowest BCUT2D eigenvalue weighted by molar-refractivity contribution is 0.362. The molecule has 2 N–H and O–H groups in total. The predicted octanol–water partition coefficient (Wildman–Crippen LogP) is 3.08. The molecule has 88 valence electrons. The molecule has 0 aliphatic carbocycles. The number of hydrogen-bond donors (Lipinski definition) is 1. The van der Waals surface area contributed by atoms with E-state index in [-0.39, 0.29) is 0 Å². The summed E-state index contributed by atoms with van der Waals surface area (Å²) in [5.74, 6) is 1.87. The fraction of sp³-hybridized carbons (Fsp3) is 0.385. The van der Waals surface area contributed by atoms with Crippen molar-refractivity contribution in [3.8, 4) is 5.75 Å². The Morgan fingerprint density at radius 1 is 1.31 bits per heavy atom. The summed E-state index contributed by atoms with van der Waals surface area (Å²) in [6, 6.07) is 8.13. The summed E-state index contributed by atoms with van der Waals surface area (Å²) in [5, 5.41) is 0. The molecule has 1 aromatic carbocycles. The molecule has 0 fully saturated rings. The summed E-state index contributed by atoms with van der Waals surface area (Å²) < 4.78 is 5.57. The third kappa shape index (κ3) is 5.24. The summed E-state index contributed by atoms with van der Waals surface area (Å²) in [7, 11) is 0. The number of thioether (sulfide) groups is 1. The van der Waals surface area contributed by atoms with E-state index in [0.717, 1.165) is 11.5 Å². The SMILES string of the molecule is CC(C)=CCOc1ccc(SCCN)cc1. The second-order valence-electron chi connectivity index (χ2n) is 3.70. The molecule has 0 heterocycles. The lowest BCUT2D eigenvalue weighted by atomic mass is 10.3. The van der Waals surface area contributed by atoms with E-state index in [1.54, 1.807) is 11.8 Å². The Morgan fingerprint density at radius 3 is 2.56 bits per heavy atom. The minimum absolute atomic E-state index is 0.637. The largest absolute Gasteiger partial charge is 0.490 e. The van der Waals surface area contributed by atoms with Crippen LogP contribution in [-0.4, -0.2) is 18.9 Å². The van der Waals surface area contributed by atoms with Gasteiger partial charge in [0.2, 0.25) is 0 Å². The molecule has 0 aliphatic heterocycles. The first-order chi connectivity index (χ1) is 7.72. The van der Waals surface area contributed by atoms with Crippen molar-refractivity contribution in [2.75, 3.05) is 18.9 Å². The highest BCUT2D eigenvalue weighted by Gasteiger charge is 1.95. The summed E-state index contributed by atoms with van der Waals surface area (Å²) in [6.45, 7) is 5.48. The summed E-state index contributed by atoms with van der Waals surface area (Å²) in [5.41, 5.74) is 6.72. The lowest BCUT2D eigenvalue weighted by Gasteiger charge is -2.05. The zero-order valence-electron chi connectivity index (χ0n) is 9.90. The molecule has 3 heteroatoms. The number of allylic oxidation sites excluding steroid dienone is 1. The van der Waals surface area contributed by atoms with E-state index in [2.05, 4.69) is 32.1 Å². The van der Waals surface area contributed by atoms with Gasteiger partial charge in [-0.05, 0) is 44.2 Å². The van der Waals surface area contributed by atoms with Crippen LogP contribution >= 0.6 is 11.8 Å². The van der Waals surface area contributed by atoms with Gasteiger partial charge in [0, 0.05) is 17.2 Å². The second-order valence-corrected chi connectivity index (χ2v) is 4.87. The first-order valence-electron chi connectivity index (χ1n) is 5.41. The molecular weight excluding hydrogens is 218 g/mol. The maximum atomic E-state index is 5.57. The number of nitrogens with two attached hydrogens (primary N) is 1. The molecule has 1 rings (SSSR count). The number of benzene rings is 1. The summed E-state index contributed by atoms with van der Waals surface area (Å²) in [4.78, 5) is 1.24. The van der Waals surface area contributed by atoms with Crippen LogP contribution in [0.1, 0.15) is 13.8 Å². The van der Waals surface area contributed by atoms with E-state index in [1.807, 2.05) is 12.1 Å². The molecule has 0 amide bonds. The molecule has 0 unspecified atom stereocenters. The smallest absolute Gasteiger partial charge is 0.119 e. The summed E-state index contributed by atoms with van der Waals surface area (Å²) in [6.07, 6.45) is 2.07. The molecule has 0 saturated heterocycles. The van der Waals surface area contributed by atoms with Gasteiger partial charge in [-0.25, -0.2) is 0 Å². The highest BCUT2D eigenvalue weighted by Crippen LogP contribution is 2.20. The summed E-state index contributed by atoms with van der Waals surface area (Å²) >= 11 is 1.77. The van der Waals surface area contributed by atoms with Crippen LogP contribution in [0.25, 0.3) is 0 Å². The molecule has 0 saturated carbocycles. The molecule has 0 aliphatic rings. The Hall–Kier alpha value is -0.930. The van der Waals surface area contributed by atoms with E-state index in [0.29, 0.717) is 13.2 Å². The van der Waals surface area contributed by atoms with Crippen LogP contribution in [0.4, 0.5) is 0 Å². The Kier molecular flexibility index (Phi) is 6.04. The standard InChI is InChI=1S/C13H19NOS/c1-11(2)7-9-15-12-3-5-13(6-4-12)16-10-8-14/h3-7H,8-10,14H2,1-2H3. The van der Waals surface area contributed by atoms with E-state index in [4.69, 9.17) is 10.5 Å². The van der Waals surface area contributed by atoms with Crippen LogP contribution in [0.5, 0.6) is 5.75 Å². The monoisotopic (exact) mass is 237 g/mol. The van der Waals surface area contributed by atoms with E-state index in [9.17, 15) is 0 Å². The van der Waals surface area contributed by atoms with Crippen molar-refractivity contribution >= 4 is 11.8 Å². The minimum atomic E-state index is 0.637. The van der Waals surface area contributed by atoms with E-state index in [1.165, 1.54) is 10.5 Å². The van der Waals surface area contributed by atoms with Crippen molar-refractivity contribution in [3.63, 3.8) is 0 Å². The fourth-order valence-corrected chi connectivity index (χ4v) is 1.80. The van der Waals surface area contributed by atoms with Gasteiger partial charge in [0.25, 0.3) is 0 Å². The van der Waals surface area contributed by atoms with Crippen LogP contribution in [0.3, 0.4) is 0 Å². The van der Waals surface area contributed by atoms with Crippen LogP contribution in [0, 0.1) is 0 Å². The molecular formula is C13H19NOS. The van der Waals surface area contributed by atoms with Gasteiger partial charge >= 0.3 is 0 Å². The molecule has 1 aromatic rings. The van der Waals surface area contributed by atoms with Crippen molar-refractivity contribution in [2.45, 2.75) is 18.7 Å². The zero-order chi connectivity index (χ0) is 11.8. The van der Waals surface area contributed by atoms with Gasteiger partial charge in [0.1, 0.15) is 12.4 Å². The highest BCUT2D eigenvalue weighted by atomic mass is 32.2. The predicted molar refractivity (Wildman–Crippen MR) is 71.1 cm³/mol. The quantitative estimate of drug-likeness (QED) is 0.610. The van der Waals surface area contributed by atoms with Gasteiger partial charge < -0.3 is 10.5 Å². The molecule has 0 atom stereocenters. The number of ether oxygens (including phenoxy) is 1. The molecule has 0 spiro atoms. The van der Waals surface area contributed by atoms with Crippen molar-refractivity contribution in [1.82, 2.24) is 0 Å². The molecule has 2 nitrogen and oxygen atoms in total. The molecule has 16 heavy (non-hydrogen) atoms. The van der Waals surface area contributed by atoms with E-state index < -0.39 is 0 Å². The number of hydrogen-bond acceptors (Lipinski definition) is 3. The maximum Gasteiger partial charge on any atom is 0.119 e. The van der Waals surface area contributed by atoms with Crippen LogP contribution in [0.15, 0.2) is 40.8 Å².